The summed E-state index contributed by atoms with van der Waals surface area (Å²) < 4.78 is 8.78. The Morgan fingerprint density at radius 3 is 0.802 bits per heavy atom. The molecule has 0 radical (unpaired) electrons. The van der Waals surface area contributed by atoms with Crippen LogP contribution in [0.3, 0.4) is 0 Å². The highest BCUT2D eigenvalue weighted by Gasteiger charge is 2.14. The predicted octanol–water partition coefficient (Wildman–Crippen LogP) is 30.6. The number of furan rings is 1. The first-order valence-corrected chi connectivity index (χ1v) is 37.8. The van der Waals surface area contributed by atoms with Gasteiger partial charge in [0.2, 0.25) is 0 Å². The van der Waals surface area contributed by atoms with Crippen LogP contribution < -0.4 is 0 Å². The lowest BCUT2D eigenvalue weighted by atomic mass is 9.92. The van der Waals surface area contributed by atoms with Gasteiger partial charge < -0.3 is 4.42 Å². The zero-order valence-corrected chi connectivity index (χ0v) is 63.7. The minimum Gasteiger partial charge on any atom is -0.456 e. The van der Waals surface area contributed by atoms with Crippen molar-refractivity contribution in [3.63, 3.8) is 0 Å². The van der Waals surface area contributed by atoms with E-state index in [0.717, 1.165) is 11.2 Å². The van der Waals surface area contributed by atoms with E-state index in [4.69, 9.17) is 4.42 Å². The number of para-hydroxylation sites is 2. The summed E-state index contributed by atoms with van der Waals surface area (Å²) in [6.07, 6.45) is 0. The summed E-state index contributed by atoms with van der Waals surface area (Å²) in [5.41, 5.74) is 22.8. The van der Waals surface area contributed by atoms with E-state index in [9.17, 15) is 0 Å². The van der Waals surface area contributed by atoms with Crippen LogP contribution in [0, 0.1) is 83.1 Å². The number of thiophene rings is 1. The van der Waals surface area contributed by atoms with Crippen molar-refractivity contribution in [1.82, 2.24) is 0 Å². The number of fused-ring (bicyclic) bond motifs is 21. The summed E-state index contributed by atoms with van der Waals surface area (Å²) in [5, 5.41) is 26.9. The van der Waals surface area contributed by atoms with Crippen molar-refractivity contribution >= 4 is 140 Å². The molecule has 0 aliphatic rings. The fraction of sp³-hybridized carbons (Fsp3) is 0.115. The second kappa shape index (κ2) is 30.0. The number of benzene rings is 18. The summed E-state index contributed by atoms with van der Waals surface area (Å²) in [7, 11) is 0. The van der Waals surface area contributed by atoms with Gasteiger partial charge in [0.1, 0.15) is 11.2 Å². The first-order chi connectivity index (χ1) is 51.5. The van der Waals surface area contributed by atoms with Gasteiger partial charge in [-0.25, -0.2) is 0 Å². The second-order valence-corrected chi connectivity index (χ2v) is 30.1. The highest BCUT2D eigenvalue weighted by Crippen LogP contribution is 2.41. The molecular formula is C104H88OS. The summed E-state index contributed by atoms with van der Waals surface area (Å²) in [6.45, 7) is 25.7. The third-order valence-electron chi connectivity index (χ3n) is 21.0. The standard InChI is InChI=1S/2C20H16.C20H18.C16H14.C14H12O.C14H12S/c1-13-7-9-17-18-10-8-14(2)12-20(18)16-6-4-3-5-15(16)19(17)11-13;1-13-7-9-17-15-5-3-4-6-16(15)18-10-8-14(2)12-20(18)19(17)11-13;1-15-3-7-17(8-4-15)19-11-13-20(14-12-19)18-9-5-16(2)6-10-18;1-11-6-7-13-8-9-14-12(2)4-3-5-15(14)16(13)10-11;2*1-9-5-3-7-11-12-8-4-6-10(2)14(12)15-13(9)11/h2*3-12H,1-2H3;3-14H,1-2H3;3-10H,1-2H3;2*3-8H,1-2H3. The van der Waals surface area contributed by atoms with Crippen molar-refractivity contribution in [2.24, 2.45) is 0 Å². The fourth-order valence-electron chi connectivity index (χ4n) is 15.3. The smallest absolute Gasteiger partial charge is 0.138 e. The van der Waals surface area contributed by atoms with Crippen molar-refractivity contribution in [1.29, 1.82) is 0 Å². The van der Waals surface area contributed by atoms with E-state index in [2.05, 4.69) is 399 Å². The maximum absolute atomic E-state index is 5.91. The summed E-state index contributed by atoms with van der Waals surface area (Å²) in [5.74, 6) is 0. The highest BCUT2D eigenvalue weighted by atomic mass is 32.1. The molecule has 0 N–H and O–H groups in total. The molecule has 106 heavy (non-hydrogen) atoms. The molecule has 0 atom stereocenters. The normalized spacial score (nSPS) is 11.2. The molecule has 0 spiro atoms. The first kappa shape index (κ1) is 69.8. The topological polar surface area (TPSA) is 13.1 Å². The molecular weight excluding hydrogens is 1300 g/mol. The molecule has 0 unspecified atom stereocenters. The Morgan fingerprint density at radius 1 is 0.170 bits per heavy atom. The van der Waals surface area contributed by atoms with Crippen LogP contribution in [0.15, 0.2) is 320 Å². The Bertz CT molecular complexity index is 6190. The fourth-order valence-corrected chi connectivity index (χ4v) is 16.5. The molecule has 0 fully saturated rings. The lowest BCUT2D eigenvalue weighted by Gasteiger charge is -2.11. The number of hydrogen-bond donors (Lipinski definition) is 0. The average Bonchev–Trinajstić information content (AvgIpc) is 1.14. The molecule has 0 saturated carbocycles. The molecule has 20 aromatic rings. The number of hydrogen-bond acceptors (Lipinski definition) is 2. The van der Waals surface area contributed by atoms with Crippen LogP contribution in [-0.2, 0) is 0 Å². The lowest BCUT2D eigenvalue weighted by Crippen LogP contribution is -1.85. The van der Waals surface area contributed by atoms with Crippen LogP contribution in [0.2, 0.25) is 0 Å². The zero-order valence-electron chi connectivity index (χ0n) is 62.8. The van der Waals surface area contributed by atoms with Gasteiger partial charge in [0.25, 0.3) is 0 Å². The molecule has 2 aromatic heterocycles. The van der Waals surface area contributed by atoms with E-state index in [-0.39, 0.29) is 0 Å². The Morgan fingerprint density at radius 2 is 0.415 bits per heavy atom. The van der Waals surface area contributed by atoms with Crippen molar-refractivity contribution in [3.05, 3.63) is 382 Å². The SMILES string of the molecule is Cc1ccc(-c2ccc(-c3ccc(C)cc3)cc2)cc1.Cc1ccc2c3ccc(C)cc3c3ccccc3c2c1.Cc1ccc2c3ccccc3c3ccc(C)cc3c2c1.Cc1ccc2ccc3c(C)cccc3c2c1.Cc1cccc2c1oc1c(C)cccc12.Cc1cccc2c1sc1c(C)cccc12. The van der Waals surface area contributed by atoms with Crippen molar-refractivity contribution in [2.75, 3.05) is 0 Å². The molecule has 0 saturated heterocycles. The Balaban J connectivity index is 0.000000102. The van der Waals surface area contributed by atoms with Gasteiger partial charge in [-0.2, -0.15) is 0 Å². The monoisotopic (exact) mass is 1380 g/mol. The molecule has 0 aliphatic carbocycles. The van der Waals surface area contributed by atoms with Gasteiger partial charge in [-0.1, -0.05) is 354 Å². The van der Waals surface area contributed by atoms with E-state index >= 15 is 0 Å². The molecule has 0 aliphatic heterocycles. The van der Waals surface area contributed by atoms with Crippen molar-refractivity contribution < 1.29 is 4.42 Å². The third kappa shape index (κ3) is 14.2. The van der Waals surface area contributed by atoms with E-state index in [1.54, 1.807) is 0 Å². The van der Waals surface area contributed by atoms with E-state index in [1.807, 2.05) is 11.3 Å². The Kier molecular flexibility index (Phi) is 19.8. The molecule has 2 heterocycles. The average molecular weight is 1390 g/mol. The molecule has 516 valence electrons. The molecule has 2 heteroatoms. The summed E-state index contributed by atoms with van der Waals surface area (Å²) >= 11 is 1.91. The maximum atomic E-state index is 5.91. The Hall–Kier alpha value is -11.9. The highest BCUT2D eigenvalue weighted by molar-refractivity contribution is 7.26. The van der Waals surface area contributed by atoms with Crippen molar-refractivity contribution in [2.45, 2.75) is 83.1 Å². The van der Waals surface area contributed by atoms with Crippen LogP contribution >= 0.6 is 11.3 Å². The molecule has 1 nitrogen and oxygen atoms in total. The lowest BCUT2D eigenvalue weighted by molar-refractivity contribution is 0.662. The molecule has 0 bridgehead atoms. The zero-order chi connectivity index (χ0) is 73.3. The van der Waals surface area contributed by atoms with Crippen LogP contribution in [0.25, 0.3) is 151 Å². The van der Waals surface area contributed by atoms with Gasteiger partial charge >= 0.3 is 0 Å². The van der Waals surface area contributed by atoms with Crippen LogP contribution in [0.5, 0.6) is 0 Å². The van der Waals surface area contributed by atoms with Gasteiger partial charge in [-0.3, -0.25) is 0 Å². The second-order valence-electron chi connectivity index (χ2n) is 29.1. The minimum absolute atomic E-state index is 1.02. The first-order valence-electron chi connectivity index (χ1n) is 37.0. The van der Waals surface area contributed by atoms with Crippen LogP contribution in [0.1, 0.15) is 66.8 Å². The molecule has 18 aromatic carbocycles. The van der Waals surface area contributed by atoms with Gasteiger partial charge in [-0.05, 0) is 219 Å². The quantitative estimate of drug-likeness (QED) is 0.157. The predicted molar refractivity (Wildman–Crippen MR) is 467 cm³/mol. The van der Waals surface area contributed by atoms with Crippen LogP contribution in [-0.4, -0.2) is 0 Å². The van der Waals surface area contributed by atoms with Gasteiger partial charge in [0.05, 0.1) is 0 Å². The van der Waals surface area contributed by atoms with Gasteiger partial charge in [-0.15, -0.1) is 11.3 Å². The van der Waals surface area contributed by atoms with Gasteiger partial charge in [0, 0.05) is 30.9 Å². The van der Waals surface area contributed by atoms with Gasteiger partial charge in [0.15, 0.2) is 0 Å². The van der Waals surface area contributed by atoms with E-state index < -0.39 is 0 Å². The molecule has 20 rings (SSSR count). The van der Waals surface area contributed by atoms with E-state index in [0.29, 0.717) is 0 Å². The minimum atomic E-state index is 1.02. The molecule has 0 amide bonds. The Labute approximate surface area is 627 Å². The van der Waals surface area contributed by atoms with E-state index in [1.165, 1.54) is 206 Å². The summed E-state index contributed by atoms with van der Waals surface area (Å²) in [4.78, 5) is 0. The van der Waals surface area contributed by atoms with Crippen LogP contribution in [0.4, 0.5) is 0 Å². The summed E-state index contributed by atoms with van der Waals surface area (Å²) in [6, 6.07) is 114. The largest absolute Gasteiger partial charge is 0.456 e. The number of rotatable bonds is 2. The maximum Gasteiger partial charge on any atom is 0.138 e. The third-order valence-corrected chi connectivity index (χ3v) is 22.5. The van der Waals surface area contributed by atoms with Crippen molar-refractivity contribution in [3.8, 4) is 22.3 Å². The number of aryl methyl sites for hydroxylation is 12.